The lowest BCUT2D eigenvalue weighted by Gasteiger charge is -2.09. The second-order valence-electron chi connectivity index (χ2n) is 4.84. The van der Waals surface area contributed by atoms with Crippen LogP contribution >= 0.6 is 0 Å². The zero-order valence-electron chi connectivity index (χ0n) is 12.6. The number of nitrogens with one attached hydrogen (secondary N) is 2. The third-order valence-electron chi connectivity index (χ3n) is 2.97. The Kier molecular flexibility index (Phi) is 5.85. The fourth-order valence-electron chi connectivity index (χ4n) is 1.75. The second kappa shape index (κ2) is 8.07. The van der Waals surface area contributed by atoms with E-state index in [1.54, 1.807) is 6.20 Å². The van der Waals surface area contributed by atoms with Crippen molar-refractivity contribution >= 4 is 6.03 Å². The van der Waals surface area contributed by atoms with Crippen molar-refractivity contribution in [2.24, 2.45) is 0 Å². The van der Waals surface area contributed by atoms with E-state index in [-0.39, 0.29) is 24.9 Å². The Morgan fingerprint density at radius 1 is 1.17 bits per heavy atom. The SMILES string of the molecule is Cc1ccc(CNC(=O)NCCOc2ccc(F)c(F)c2)cn1. The van der Waals surface area contributed by atoms with Crippen molar-refractivity contribution in [2.45, 2.75) is 13.5 Å². The van der Waals surface area contributed by atoms with E-state index in [0.717, 1.165) is 23.4 Å². The van der Waals surface area contributed by atoms with E-state index in [1.807, 2.05) is 19.1 Å². The van der Waals surface area contributed by atoms with E-state index in [0.29, 0.717) is 6.54 Å². The molecule has 0 saturated carbocycles. The molecule has 0 unspecified atom stereocenters. The van der Waals surface area contributed by atoms with Gasteiger partial charge in [-0.1, -0.05) is 6.07 Å². The van der Waals surface area contributed by atoms with E-state index in [2.05, 4.69) is 15.6 Å². The van der Waals surface area contributed by atoms with Gasteiger partial charge in [0.2, 0.25) is 0 Å². The van der Waals surface area contributed by atoms with E-state index < -0.39 is 11.6 Å². The van der Waals surface area contributed by atoms with Gasteiger partial charge in [-0.15, -0.1) is 0 Å². The van der Waals surface area contributed by atoms with Crippen molar-refractivity contribution in [3.8, 4) is 5.75 Å². The number of halogens is 2. The predicted molar refractivity (Wildman–Crippen MR) is 81.1 cm³/mol. The number of carbonyl (C=O) groups excluding carboxylic acids is 1. The van der Waals surface area contributed by atoms with E-state index in [4.69, 9.17) is 4.74 Å². The summed E-state index contributed by atoms with van der Waals surface area (Å²) in [5, 5.41) is 5.28. The smallest absolute Gasteiger partial charge is 0.315 e. The molecule has 2 N–H and O–H groups in total. The van der Waals surface area contributed by atoms with Crippen molar-refractivity contribution in [2.75, 3.05) is 13.2 Å². The number of aryl methyl sites for hydroxylation is 1. The van der Waals surface area contributed by atoms with Crippen molar-refractivity contribution in [3.05, 3.63) is 59.4 Å². The zero-order chi connectivity index (χ0) is 16.7. The lowest BCUT2D eigenvalue weighted by molar-refractivity contribution is 0.236. The average Bonchev–Trinajstić information content (AvgIpc) is 2.54. The molecule has 1 aromatic heterocycles. The summed E-state index contributed by atoms with van der Waals surface area (Å²) < 4.78 is 30.9. The molecule has 0 spiro atoms. The number of hydrogen-bond acceptors (Lipinski definition) is 3. The minimum atomic E-state index is -0.972. The first-order valence-corrected chi connectivity index (χ1v) is 7.05. The number of aromatic nitrogens is 1. The highest BCUT2D eigenvalue weighted by Gasteiger charge is 2.04. The van der Waals surface area contributed by atoms with Crippen LogP contribution in [0.1, 0.15) is 11.3 Å². The first kappa shape index (κ1) is 16.7. The Morgan fingerprint density at radius 3 is 2.70 bits per heavy atom. The molecule has 23 heavy (non-hydrogen) atoms. The van der Waals surface area contributed by atoms with Crippen molar-refractivity contribution < 1.29 is 18.3 Å². The highest BCUT2D eigenvalue weighted by molar-refractivity contribution is 5.73. The summed E-state index contributed by atoms with van der Waals surface area (Å²) in [6.07, 6.45) is 1.70. The molecule has 1 aromatic carbocycles. The van der Waals surface area contributed by atoms with Crippen molar-refractivity contribution in [1.82, 2.24) is 15.6 Å². The molecule has 2 amide bonds. The van der Waals surface area contributed by atoms with Gasteiger partial charge in [0, 0.05) is 24.5 Å². The Balaban J connectivity index is 1.64. The van der Waals surface area contributed by atoms with Crippen LogP contribution in [-0.4, -0.2) is 24.2 Å². The van der Waals surface area contributed by atoms with Gasteiger partial charge in [-0.3, -0.25) is 4.98 Å². The number of hydrogen-bond donors (Lipinski definition) is 2. The molecule has 0 atom stereocenters. The van der Waals surface area contributed by atoms with Crippen LogP contribution in [0.25, 0.3) is 0 Å². The maximum absolute atomic E-state index is 13.0. The number of rotatable bonds is 6. The number of urea groups is 1. The molecule has 2 rings (SSSR count). The fourth-order valence-corrected chi connectivity index (χ4v) is 1.75. The molecule has 0 aliphatic heterocycles. The molecule has 0 radical (unpaired) electrons. The molecule has 0 saturated heterocycles. The summed E-state index contributed by atoms with van der Waals surface area (Å²) >= 11 is 0. The quantitative estimate of drug-likeness (QED) is 0.804. The summed E-state index contributed by atoms with van der Waals surface area (Å²) in [7, 11) is 0. The second-order valence-corrected chi connectivity index (χ2v) is 4.84. The van der Waals surface area contributed by atoms with E-state index >= 15 is 0 Å². The van der Waals surface area contributed by atoms with Crippen LogP contribution in [0.15, 0.2) is 36.5 Å². The number of benzene rings is 1. The molecule has 7 heteroatoms. The molecule has 0 fully saturated rings. The molecule has 0 aliphatic rings. The van der Waals surface area contributed by atoms with Gasteiger partial charge in [0.15, 0.2) is 11.6 Å². The van der Waals surface area contributed by atoms with Gasteiger partial charge in [-0.05, 0) is 30.7 Å². The average molecular weight is 321 g/mol. The normalized spacial score (nSPS) is 10.2. The summed E-state index contributed by atoms with van der Waals surface area (Å²) in [4.78, 5) is 15.7. The molecule has 0 aliphatic carbocycles. The largest absolute Gasteiger partial charge is 0.492 e. The van der Waals surface area contributed by atoms with Crippen LogP contribution in [0.4, 0.5) is 13.6 Å². The predicted octanol–water partition coefficient (Wildman–Crippen LogP) is 2.55. The topological polar surface area (TPSA) is 63.2 Å². The van der Waals surface area contributed by atoms with E-state index in [1.165, 1.54) is 6.07 Å². The molecule has 122 valence electrons. The minimum Gasteiger partial charge on any atom is -0.492 e. The van der Waals surface area contributed by atoms with Crippen LogP contribution in [0.2, 0.25) is 0 Å². The summed E-state index contributed by atoms with van der Waals surface area (Å²) in [5.41, 5.74) is 1.80. The maximum atomic E-state index is 13.0. The van der Waals surface area contributed by atoms with Gasteiger partial charge in [-0.2, -0.15) is 0 Å². The third kappa shape index (κ3) is 5.54. The molecule has 5 nitrogen and oxygen atoms in total. The summed E-state index contributed by atoms with van der Waals surface area (Å²) in [6, 6.07) is 6.67. The minimum absolute atomic E-state index is 0.143. The fraction of sp³-hybridized carbons (Fsp3) is 0.250. The lowest BCUT2D eigenvalue weighted by atomic mass is 10.2. The Morgan fingerprint density at radius 2 is 2.00 bits per heavy atom. The molecule has 0 bridgehead atoms. The zero-order valence-corrected chi connectivity index (χ0v) is 12.6. The van der Waals surface area contributed by atoms with Crippen molar-refractivity contribution in [3.63, 3.8) is 0 Å². The summed E-state index contributed by atoms with van der Waals surface area (Å²) in [5.74, 6) is -1.70. The van der Waals surface area contributed by atoms with Gasteiger partial charge >= 0.3 is 6.03 Å². The summed E-state index contributed by atoms with van der Waals surface area (Å²) in [6.45, 7) is 2.63. The molecule has 1 heterocycles. The maximum Gasteiger partial charge on any atom is 0.315 e. The Hall–Kier alpha value is -2.70. The van der Waals surface area contributed by atoms with Gasteiger partial charge in [0.1, 0.15) is 12.4 Å². The third-order valence-corrected chi connectivity index (χ3v) is 2.97. The number of carbonyl (C=O) groups is 1. The van der Waals surface area contributed by atoms with Crippen molar-refractivity contribution in [1.29, 1.82) is 0 Å². The number of pyridine rings is 1. The monoisotopic (exact) mass is 321 g/mol. The van der Waals surface area contributed by atoms with Gasteiger partial charge in [-0.25, -0.2) is 13.6 Å². The first-order chi connectivity index (χ1) is 11.0. The highest BCUT2D eigenvalue weighted by Crippen LogP contribution is 2.14. The Bertz CT molecular complexity index is 663. The van der Waals surface area contributed by atoms with Crippen LogP contribution in [-0.2, 0) is 6.54 Å². The lowest BCUT2D eigenvalue weighted by Crippen LogP contribution is -2.37. The van der Waals surface area contributed by atoms with Crippen LogP contribution in [0, 0.1) is 18.6 Å². The number of ether oxygens (including phenoxy) is 1. The van der Waals surface area contributed by atoms with Crippen LogP contribution in [0.3, 0.4) is 0 Å². The number of amides is 2. The Labute approximate surface area is 132 Å². The van der Waals surface area contributed by atoms with Gasteiger partial charge in [0.25, 0.3) is 0 Å². The molecular formula is C16H17F2N3O2. The van der Waals surface area contributed by atoms with Gasteiger partial charge in [0.05, 0.1) is 6.54 Å². The number of nitrogens with zero attached hydrogens (tertiary/aromatic N) is 1. The van der Waals surface area contributed by atoms with Gasteiger partial charge < -0.3 is 15.4 Å². The van der Waals surface area contributed by atoms with E-state index in [9.17, 15) is 13.6 Å². The first-order valence-electron chi connectivity index (χ1n) is 7.05. The molecule has 2 aromatic rings. The highest BCUT2D eigenvalue weighted by atomic mass is 19.2. The van der Waals surface area contributed by atoms with Crippen LogP contribution in [0.5, 0.6) is 5.75 Å². The standard InChI is InChI=1S/C16H17F2N3O2/c1-11-2-3-12(9-20-11)10-21-16(22)19-6-7-23-13-4-5-14(17)15(18)8-13/h2-5,8-9H,6-7,10H2,1H3,(H2,19,21,22). The van der Waals surface area contributed by atoms with Crippen LogP contribution < -0.4 is 15.4 Å². The molecular weight excluding hydrogens is 304 g/mol.